The molecule has 0 atom stereocenters. The molecule has 0 aromatic heterocycles. The van der Waals surface area contributed by atoms with E-state index in [0.29, 0.717) is 11.1 Å². The largest absolute Gasteiger partial charge is 0.481 e. The van der Waals surface area contributed by atoms with Gasteiger partial charge in [0.15, 0.2) is 0 Å². The van der Waals surface area contributed by atoms with Gasteiger partial charge in [0.2, 0.25) is 0 Å². The second kappa shape index (κ2) is 9.10. The van der Waals surface area contributed by atoms with Crippen LogP contribution in [0, 0.1) is 6.92 Å². The number of cyclic esters (lactones) is 1. The molecule has 2 rings (SSSR count). The summed E-state index contributed by atoms with van der Waals surface area (Å²) in [5.41, 5.74) is 1.02. The summed E-state index contributed by atoms with van der Waals surface area (Å²) >= 11 is 0. The molecule has 1 aliphatic heterocycles. The Morgan fingerprint density at radius 3 is 2.50 bits per heavy atom. The number of halogens is 4. The minimum atomic E-state index is -5.21. The number of aliphatic carboxylic acids is 1. The number of anilines is 1. The summed E-state index contributed by atoms with van der Waals surface area (Å²) in [6.45, 7) is 2.99. The number of nitrogens with one attached hydrogen (secondary N) is 1. The number of ether oxygens (including phenoxy) is 1. The highest BCUT2D eigenvalue weighted by atomic mass is 19.4. The van der Waals surface area contributed by atoms with Gasteiger partial charge in [0, 0.05) is 12.0 Å². The van der Waals surface area contributed by atoms with Crippen molar-refractivity contribution in [3.05, 3.63) is 45.8 Å². The molecule has 10 heteroatoms. The van der Waals surface area contributed by atoms with Gasteiger partial charge in [-0.15, -0.1) is 0 Å². The van der Waals surface area contributed by atoms with Gasteiger partial charge in [-0.05, 0) is 49.5 Å². The molecule has 0 spiro atoms. The maximum Gasteiger partial charge on any atom is 0.471 e. The van der Waals surface area contributed by atoms with E-state index >= 15 is 0 Å². The zero-order valence-electron chi connectivity index (χ0n) is 16.2. The van der Waals surface area contributed by atoms with Gasteiger partial charge in [0.25, 0.3) is 0 Å². The summed E-state index contributed by atoms with van der Waals surface area (Å²) < 4.78 is 56.5. The summed E-state index contributed by atoms with van der Waals surface area (Å²) in [6, 6.07) is 0. The molecule has 0 bridgehead atoms. The summed E-state index contributed by atoms with van der Waals surface area (Å²) in [6.07, 6.45) is -2.44. The predicted octanol–water partition coefficient (Wildman–Crippen LogP) is 4.46. The van der Waals surface area contributed by atoms with Crippen LogP contribution in [0.2, 0.25) is 0 Å². The van der Waals surface area contributed by atoms with Gasteiger partial charge in [-0.3, -0.25) is 9.59 Å². The van der Waals surface area contributed by atoms with Crippen LogP contribution in [0.3, 0.4) is 0 Å². The summed E-state index contributed by atoms with van der Waals surface area (Å²) in [4.78, 5) is 34.5. The molecule has 0 aliphatic carbocycles. The third-order valence-corrected chi connectivity index (χ3v) is 4.70. The molecule has 1 heterocycles. The number of carbonyl (C=O) groups is 3. The average Bonchev–Trinajstić information content (AvgIpc) is 3.04. The van der Waals surface area contributed by atoms with Crippen LogP contribution < -0.4 is 5.32 Å². The number of hydrogen-bond donors (Lipinski definition) is 2. The first-order chi connectivity index (χ1) is 14.0. The monoisotopic (exact) mass is 429 g/mol. The molecule has 2 N–H and O–H groups in total. The van der Waals surface area contributed by atoms with E-state index in [9.17, 15) is 31.9 Å². The van der Waals surface area contributed by atoms with E-state index in [1.54, 1.807) is 25.2 Å². The van der Waals surface area contributed by atoms with Gasteiger partial charge in [0.05, 0.1) is 17.6 Å². The Balaban J connectivity index is 2.64. The Kier molecular flexibility index (Phi) is 7.01. The standard InChI is InChI=1S/C20H19F4NO5/c1-10(4-6-15(26)27)3-5-13-12(7-8-21)11(2)14-9-30-18(28)16(14)17(13)25-19(29)20(22,23)24/h3,7-8H,4-6,9H2,1-2H3,(H,25,29)(H,26,27). The van der Waals surface area contributed by atoms with Crippen LogP contribution in [0.4, 0.5) is 23.2 Å². The number of alkyl halides is 3. The van der Waals surface area contributed by atoms with E-state index in [0.717, 1.165) is 6.08 Å². The lowest BCUT2D eigenvalue weighted by molar-refractivity contribution is -0.167. The van der Waals surface area contributed by atoms with Crippen LogP contribution in [-0.4, -0.2) is 29.1 Å². The molecule has 30 heavy (non-hydrogen) atoms. The van der Waals surface area contributed by atoms with Crippen LogP contribution in [0.25, 0.3) is 6.08 Å². The fraction of sp³-hybridized carbons (Fsp3) is 0.350. The Morgan fingerprint density at radius 1 is 1.27 bits per heavy atom. The van der Waals surface area contributed by atoms with E-state index in [1.807, 2.05) is 0 Å². The summed E-state index contributed by atoms with van der Waals surface area (Å²) in [5, 5.41) is 10.5. The number of carbonyl (C=O) groups excluding carboxylic acids is 2. The van der Waals surface area contributed by atoms with Crippen molar-refractivity contribution in [2.45, 2.75) is 45.9 Å². The van der Waals surface area contributed by atoms with Gasteiger partial charge < -0.3 is 15.2 Å². The van der Waals surface area contributed by atoms with Crippen molar-refractivity contribution in [2.75, 3.05) is 5.32 Å². The molecule has 0 fully saturated rings. The Hall–Kier alpha value is -3.17. The average molecular weight is 429 g/mol. The lowest BCUT2D eigenvalue weighted by Gasteiger charge is -2.19. The SMILES string of the molecule is CC(=CCc1c(C=CF)c(C)c2c(c1NC(=O)C(F)(F)F)C(=O)OC2)CCC(=O)O. The molecule has 1 aromatic carbocycles. The first-order valence-electron chi connectivity index (χ1n) is 8.85. The van der Waals surface area contributed by atoms with E-state index in [4.69, 9.17) is 9.84 Å². The maximum absolute atomic E-state index is 13.0. The number of amides is 1. The first kappa shape index (κ1) is 23.1. The fourth-order valence-electron chi connectivity index (χ4n) is 3.13. The number of carboxylic acid groups (broad SMARTS) is 1. The molecular formula is C20H19F4NO5. The molecule has 162 valence electrons. The van der Waals surface area contributed by atoms with Crippen LogP contribution in [-0.2, 0) is 27.4 Å². The van der Waals surface area contributed by atoms with Gasteiger partial charge in [-0.1, -0.05) is 11.6 Å². The normalized spacial score (nSPS) is 14.1. The molecule has 6 nitrogen and oxygen atoms in total. The molecule has 0 unspecified atom stereocenters. The third kappa shape index (κ3) is 5.05. The Bertz CT molecular complexity index is 948. The van der Waals surface area contributed by atoms with E-state index in [1.165, 1.54) is 0 Å². The van der Waals surface area contributed by atoms with Crippen LogP contribution >= 0.6 is 0 Å². The minimum absolute atomic E-state index is 0.0694. The van der Waals surface area contributed by atoms with Crippen LogP contribution in [0.1, 0.15) is 52.4 Å². The lowest BCUT2D eigenvalue weighted by Crippen LogP contribution is -2.31. The number of fused-ring (bicyclic) bond motifs is 1. The zero-order chi connectivity index (χ0) is 22.6. The summed E-state index contributed by atoms with van der Waals surface area (Å²) in [7, 11) is 0. The van der Waals surface area contributed by atoms with Crippen molar-refractivity contribution >= 4 is 29.6 Å². The van der Waals surface area contributed by atoms with Crippen molar-refractivity contribution in [3.8, 4) is 0 Å². The highest BCUT2D eigenvalue weighted by Crippen LogP contribution is 2.38. The molecular weight excluding hydrogens is 410 g/mol. The minimum Gasteiger partial charge on any atom is -0.481 e. The number of esters is 1. The van der Waals surface area contributed by atoms with E-state index < -0.39 is 29.7 Å². The van der Waals surface area contributed by atoms with Crippen molar-refractivity contribution in [1.82, 2.24) is 0 Å². The number of hydrogen-bond acceptors (Lipinski definition) is 4. The van der Waals surface area contributed by atoms with E-state index in [-0.39, 0.29) is 54.5 Å². The molecule has 1 amide bonds. The number of carboxylic acids is 1. The second-order valence-electron chi connectivity index (χ2n) is 6.71. The van der Waals surface area contributed by atoms with Crippen molar-refractivity contribution < 1.29 is 41.8 Å². The Morgan fingerprint density at radius 2 is 1.93 bits per heavy atom. The molecule has 0 saturated carbocycles. The lowest BCUT2D eigenvalue weighted by atomic mass is 9.89. The first-order valence-corrected chi connectivity index (χ1v) is 8.85. The van der Waals surface area contributed by atoms with Gasteiger partial charge >= 0.3 is 24.0 Å². The topological polar surface area (TPSA) is 92.7 Å². The molecule has 0 saturated heterocycles. The summed E-state index contributed by atoms with van der Waals surface area (Å²) in [5.74, 6) is -4.19. The molecule has 1 aromatic rings. The van der Waals surface area contributed by atoms with Crippen molar-refractivity contribution in [1.29, 1.82) is 0 Å². The predicted molar refractivity (Wildman–Crippen MR) is 99.5 cm³/mol. The molecule has 0 radical (unpaired) electrons. The number of rotatable bonds is 7. The number of benzene rings is 1. The fourth-order valence-corrected chi connectivity index (χ4v) is 3.13. The zero-order valence-corrected chi connectivity index (χ0v) is 16.2. The van der Waals surface area contributed by atoms with Gasteiger partial charge in [0.1, 0.15) is 6.61 Å². The second-order valence-corrected chi connectivity index (χ2v) is 6.71. The van der Waals surface area contributed by atoms with Crippen LogP contribution in [0.5, 0.6) is 0 Å². The van der Waals surface area contributed by atoms with Crippen molar-refractivity contribution in [3.63, 3.8) is 0 Å². The van der Waals surface area contributed by atoms with Gasteiger partial charge in [-0.2, -0.15) is 13.2 Å². The third-order valence-electron chi connectivity index (χ3n) is 4.70. The quantitative estimate of drug-likeness (QED) is 0.379. The number of allylic oxidation sites excluding steroid dienone is 2. The van der Waals surface area contributed by atoms with E-state index in [2.05, 4.69) is 0 Å². The highest BCUT2D eigenvalue weighted by molar-refractivity contribution is 6.07. The maximum atomic E-state index is 13.0. The highest BCUT2D eigenvalue weighted by Gasteiger charge is 2.41. The molecule has 1 aliphatic rings. The smallest absolute Gasteiger partial charge is 0.471 e. The van der Waals surface area contributed by atoms with Crippen molar-refractivity contribution in [2.24, 2.45) is 0 Å². The van der Waals surface area contributed by atoms with Crippen LogP contribution in [0.15, 0.2) is 18.0 Å². The Labute approximate surface area is 169 Å². The van der Waals surface area contributed by atoms with Gasteiger partial charge in [-0.25, -0.2) is 9.18 Å².